The van der Waals surface area contributed by atoms with E-state index in [2.05, 4.69) is 15.6 Å². The van der Waals surface area contributed by atoms with E-state index in [4.69, 9.17) is 0 Å². The minimum absolute atomic E-state index is 0.247. The van der Waals surface area contributed by atoms with Crippen molar-refractivity contribution >= 4 is 17.5 Å². The summed E-state index contributed by atoms with van der Waals surface area (Å²) in [6.45, 7) is -0.247. The number of aliphatic hydroxyl groups excluding tert-OH is 1. The van der Waals surface area contributed by atoms with Gasteiger partial charge < -0.3 is 15.7 Å². The molecule has 0 saturated carbocycles. The molecule has 2 amide bonds. The lowest BCUT2D eigenvalue weighted by atomic mass is 10.1. The van der Waals surface area contributed by atoms with Gasteiger partial charge in [0.1, 0.15) is 0 Å². The van der Waals surface area contributed by atoms with E-state index in [0.717, 1.165) is 5.56 Å². The van der Waals surface area contributed by atoms with E-state index in [0.29, 0.717) is 12.1 Å². The molecule has 0 bridgehead atoms. The van der Waals surface area contributed by atoms with Gasteiger partial charge in [-0.15, -0.1) is 0 Å². The van der Waals surface area contributed by atoms with Crippen LogP contribution in [0.1, 0.15) is 5.56 Å². The van der Waals surface area contributed by atoms with Crippen LogP contribution in [0.5, 0.6) is 0 Å². The first kappa shape index (κ1) is 15.7. The number of nitrogens with one attached hydrogen (secondary N) is 2. The summed E-state index contributed by atoms with van der Waals surface area (Å²) in [4.78, 5) is 27.5. The number of amides is 2. The Morgan fingerprint density at radius 1 is 1.05 bits per heavy atom. The van der Waals surface area contributed by atoms with Crippen molar-refractivity contribution in [2.75, 3.05) is 11.9 Å². The van der Waals surface area contributed by atoms with Gasteiger partial charge in [-0.1, -0.05) is 30.3 Å². The Balaban J connectivity index is 1.90. The molecule has 0 unspecified atom stereocenters. The van der Waals surface area contributed by atoms with Crippen LogP contribution in [0, 0.1) is 0 Å². The number of nitrogens with zero attached hydrogens (tertiary/aromatic N) is 1. The SMILES string of the molecule is O=C(Nc1ccncc1)C(=O)N[C@H](CO)Cc1ccccc1. The molecule has 22 heavy (non-hydrogen) atoms. The molecule has 0 saturated heterocycles. The molecule has 6 heteroatoms. The van der Waals surface area contributed by atoms with Gasteiger partial charge in [0.2, 0.25) is 0 Å². The third-order valence-electron chi connectivity index (χ3n) is 3.02. The zero-order valence-electron chi connectivity index (χ0n) is 11.9. The molecular formula is C16H17N3O3. The van der Waals surface area contributed by atoms with Gasteiger partial charge in [0, 0.05) is 18.1 Å². The highest BCUT2D eigenvalue weighted by Crippen LogP contribution is 2.04. The largest absolute Gasteiger partial charge is 0.394 e. The van der Waals surface area contributed by atoms with Crippen LogP contribution in [0.4, 0.5) is 5.69 Å². The fourth-order valence-electron chi connectivity index (χ4n) is 1.93. The maximum absolute atomic E-state index is 11.9. The quantitative estimate of drug-likeness (QED) is 0.710. The van der Waals surface area contributed by atoms with Crippen LogP contribution in [0.25, 0.3) is 0 Å². The summed E-state index contributed by atoms with van der Waals surface area (Å²) < 4.78 is 0. The fraction of sp³-hybridized carbons (Fsp3) is 0.188. The molecule has 1 aromatic carbocycles. The summed E-state index contributed by atoms with van der Waals surface area (Å²) in [5, 5.41) is 14.3. The lowest BCUT2D eigenvalue weighted by Gasteiger charge is -2.16. The molecule has 0 aliphatic carbocycles. The van der Waals surface area contributed by atoms with Gasteiger partial charge in [0.15, 0.2) is 0 Å². The third-order valence-corrected chi connectivity index (χ3v) is 3.02. The standard InChI is InChI=1S/C16H17N3O3/c20-11-14(10-12-4-2-1-3-5-12)19-16(22)15(21)18-13-6-8-17-9-7-13/h1-9,14,20H,10-11H2,(H,19,22)(H,17,18,21)/t14-/m0/s1. The Kier molecular flexibility index (Phi) is 5.62. The van der Waals surface area contributed by atoms with Crippen molar-refractivity contribution in [1.29, 1.82) is 0 Å². The second-order valence-electron chi connectivity index (χ2n) is 4.73. The summed E-state index contributed by atoms with van der Waals surface area (Å²) >= 11 is 0. The van der Waals surface area contributed by atoms with E-state index in [-0.39, 0.29) is 6.61 Å². The smallest absolute Gasteiger partial charge is 0.313 e. The number of carbonyl (C=O) groups is 2. The van der Waals surface area contributed by atoms with E-state index < -0.39 is 17.9 Å². The van der Waals surface area contributed by atoms with Crippen LogP contribution in [0.2, 0.25) is 0 Å². The fourth-order valence-corrected chi connectivity index (χ4v) is 1.93. The molecule has 1 atom stereocenters. The van der Waals surface area contributed by atoms with Gasteiger partial charge in [-0.05, 0) is 24.1 Å². The molecule has 0 radical (unpaired) electrons. The third kappa shape index (κ3) is 4.68. The number of carbonyl (C=O) groups excluding carboxylic acids is 2. The minimum atomic E-state index is -0.785. The highest BCUT2D eigenvalue weighted by Gasteiger charge is 2.18. The first-order valence-corrected chi connectivity index (χ1v) is 6.85. The van der Waals surface area contributed by atoms with Crippen molar-refractivity contribution in [2.24, 2.45) is 0 Å². The molecule has 0 fully saturated rings. The van der Waals surface area contributed by atoms with Crippen LogP contribution in [-0.4, -0.2) is 34.6 Å². The summed E-state index contributed by atoms with van der Waals surface area (Å²) in [6, 6.07) is 12.1. The molecule has 2 aromatic rings. The van der Waals surface area contributed by atoms with Gasteiger partial charge in [0.25, 0.3) is 0 Å². The number of anilines is 1. The molecule has 0 aliphatic heterocycles. The molecule has 3 N–H and O–H groups in total. The maximum atomic E-state index is 11.9. The van der Waals surface area contributed by atoms with E-state index in [9.17, 15) is 14.7 Å². The number of hydrogen-bond donors (Lipinski definition) is 3. The predicted octanol–water partition coefficient (Wildman–Crippen LogP) is 0.740. The van der Waals surface area contributed by atoms with Crippen molar-refractivity contribution < 1.29 is 14.7 Å². The second-order valence-corrected chi connectivity index (χ2v) is 4.73. The van der Waals surface area contributed by atoms with Crippen molar-refractivity contribution in [3.05, 3.63) is 60.4 Å². The lowest BCUT2D eigenvalue weighted by Crippen LogP contribution is -2.44. The average Bonchev–Trinajstić information content (AvgIpc) is 2.56. The molecule has 2 rings (SSSR count). The lowest BCUT2D eigenvalue weighted by molar-refractivity contribution is -0.136. The van der Waals surface area contributed by atoms with Crippen molar-refractivity contribution in [1.82, 2.24) is 10.3 Å². The van der Waals surface area contributed by atoms with Crippen LogP contribution < -0.4 is 10.6 Å². The second kappa shape index (κ2) is 7.90. The maximum Gasteiger partial charge on any atom is 0.313 e. The molecule has 6 nitrogen and oxygen atoms in total. The Bertz CT molecular complexity index is 617. The first-order valence-electron chi connectivity index (χ1n) is 6.85. The summed E-state index contributed by atoms with van der Waals surface area (Å²) in [5.41, 5.74) is 1.45. The van der Waals surface area contributed by atoms with E-state index in [1.165, 1.54) is 12.4 Å². The van der Waals surface area contributed by atoms with Crippen LogP contribution in [-0.2, 0) is 16.0 Å². The van der Waals surface area contributed by atoms with Gasteiger partial charge >= 0.3 is 11.8 Å². The Labute approximate surface area is 128 Å². The summed E-state index contributed by atoms with van der Waals surface area (Å²) in [7, 11) is 0. The highest BCUT2D eigenvalue weighted by atomic mass is 16.3. The minimum Gasteiger partial charge on any atom is -0.394 e. The molecular weight excluding hydrogens is 282 g/mol. The monoisotopic (exact) mass is 299 g/mol. The number of hydrogen-bond acceptors (Lipinski definition) is 4. The van der Waals surface area contributed by atoms with Crippen molar-refractivity contribution in [2.45, 2.75) is 12.5 Å². The Morgan fingerprint density at radius 3 is 2.36 bits per heavy atom. The zero-order valence-corrected chi connectivity index (χ0v) is 11.9. The number of aliphatic hydroxyl groups is 1. The van der Waals surface area contributed by atoms with Crippen molar-refractivity contribution in [3.8, 4) is 0 Å². The van der Waals surface area contributed by atoms with Crippen LogP contribution >= 0.6 is 0 Å². The molecule has 1 aromatic heterocycles. The highest BCUT2D eigenvalue weighted by molar-refractivity contribution is 6.39. The average molecular weight is 299 g/mol. The predicted molar refractivity (Wildman–Crippen MR) is 82.0 cm³/mol. The van der Waals surface area contributed by atoms with Gasteiger partial charge in [-0.3, -0.25) is 14.6 Å². The Hall–Kier alpha value is -2.73. The zero-order chi connectivity index (χ0) is 15.8. The number of aromatic nitrogens is 1. The van der Waals surface area contributed by atoms with Gasteiger partial charge in [0.05, 0.1) is 12.6 Å². The number of rotatable bonds is 5. The Morgan fingerprint density at radius 2 is 1.73 bits per heavy atom. The number of benzene rings is 1. The van der Waals surface area contributed by atoms with E-state index >= 15 is 0 Å². The van der Waals surface area contributed by atoms with Crippen LogP contribution in [0.15, 0.2) is 54.9 Å². The van der Waals surface area contributed by atoms with E-state index in [1.54, 1.807) is 12.1 Å². The molecule has 1 heterocycles. The summed E-state index contributed by atoms with van der Waals surface area (Å²) in [6.07, 6.45) is 3.48. The molecule has 114 valence electrons. The topological polar surface area (TPSA) is 91.3 Å². The van der Waals surface area contributed by atoms with Gasteiger partial charge in [-0.25, -0.2) is 0 Å². The van der Waals surface area contributed by atoms with Crippen LogP contribution in [0.3, 0.4) is 0 Å². The van der Waals surface area contributed by atoms with Gasteiger partial charge in [-0.2, -0.15) is 0 Å². The van der Waals surface area contributed by atoms with E-state index in [1.807, 2.05) is 30.3 Å². The first-order chi connectivity index (χ1) is 10.7. The normalized spacial score (nSPS) is 11.5. The summed E-state index contributed by atoms with van der Waals surface area (Å²) in [5.74, 6) is -1.57. The molecule has 0 aliphatic rings. The van der Waals surface area contributed by atoms with Crippen molar-refractivity contribution in [3.63, 3.8) is 0 Å². The molecule has 0 spiro atoms. The number of pyridine rings is 1.